The van der Waals surface area contributed by atoms with Gasteiger partial charge in [0.25, 0.3) is 5.89 Å². The number of rotatable bonds is 5. The topological polar surface area (TPSA) is 74.2 Å². The maximum absolute atomic E-state index is 5.86. The smallest absolute Gasteiger partial charge is 0.264 e. The molecule has 1 aromatic carbocycles. The minimum Gasteiger partial charge on any atom is -0.483 e. The quantitative estimate of drug-likeness (QED) is 0.892. The van der Waals surface area contributed by atoms with Crippen LogP contribution in [0.25, 0.3) is 0 Å². The monoisotopic (exact) mass is 261 g/mol. The van der Waals surface area contributed by atoms with Crippen molar-refractivity contribution in [2.75, 3.05) is 0 Å². The van der Waals surface area contributed by atoms with Crippen molar-refractivity contribution >= 4 is 0 Å². The number of aromatic nitrogens is 2. The summed E-state index contributed by atoms with van der Waals surface area (Å²) in [5.74, 6) is 1.95. The molecule has 1 atom stereocenters. The molecule has 0 amide bonds. The van der Waals surface area contributed by atoms with Crippen LogP contribution in [-0.2, 0) is 13.0 Å². The maximum atomic E-state index is 5.86. The van der Waals surface area contributed by atoms with Gasteiger partial charge in [0.15, 0.2) is 12.4 Å². The van der Waals surface area contributed by atoms with Crippen LogP contribution in [0.5, 0.6) is 5.75 Å². The molecule has 1 heterocycles. The molecule has 5 nitrogen and oxygen atoms in total. The van der Waals surface area contributed by atoms with Gasteiger partial charge < -0.3 is 15.0 Å². The van der Waals surface area contributed by atoms with E-state index >= 15 is 0 Å². The molecule has 0 aliphatic heterocycles. The third kappa shape index (κ3) is 3.54. The lowest BCUT2D eigenvalue weighted by atomic mass is 10.0. The van der Waals surface area contributed by atoms with E-state index in [0.717, 1.165) is 23.3 Å². The fourth-order valence-corrected chi connectivity index (χ4v) is 1.96. The van der Waals surface area contributed by atoms with Gasteiger partial charge in [-0.3, -0.25) is 0 Å². The largest absolute Gasteiger partial charge is 0.483 e. The van der Waals surface area contributed by atoms with Gasteiger partial charge in [-0.25, -0.2) is 0 Å². The van der Waals surface area contributed by atoms with E-state index in [2.05, 4.69) is 10.1 Å². The molecule has 0 spiro atoms. The fraction of sp³-hybridized carbons (Fsp3) is 0.429. The Morgan fingerprint density at radius 2 is 2.16 bits per heavy atom. The molecule has 5 heteroatoms. The summed E-state index contributed by atoms with van der Waals surface area (Å²) in [7, 11) is 0. The van der Waals surface area contributed by atoms with Crippen LogP contribution >= 0.6 is 0 Å². The van der Waals surface area contributed by atoms with E-state index < -0.39 is 0 Å². The van der Waals surface area contributed by atoms with Crippen LogP contribution in [-0.4, -0.2) is 16.2 Å². The van der Waals surface area contributed by atoms with Crippen molar-refractivity contribution in [3.63, 3.8) is 0 Å². The molecule has 1 aromatic heterocycles. The number of ether oxygens (including phenoxy) is 1. The zero-order valence-electron chi connectivity index (χ0n) is 11.5. The van der Waals surface area contributed by atoms with Gasteiger partial charge in [0.05, 0.1) is 0 Å². The first kappa shape index (κ1) is 13.5. The average Bonchev–Trinajstić information content (AvgIpc) is 2.73. The van der Waals surface area contributed by atoms with Gasteiger partial charge >= 0.3 is 0 Å². The molecule has 0 bridgehead atoms. The number of hydrogen-bond acceptors (Lipinski definition) is 5. The predicted molar refractivity (Wildman–Crippen MR) is 71.9 cm³/mol. The zero-order valence-corrected chi connectivity index (χ0v) is 11.5. The van der Waals surface area contributed by atoms with Crippen molar-refractivity contribution in [3.05, 3.63) is 41.0 Å². The lowest BCUT2D eigenvalue weighted by Gasteiger charge is -2.14. The first-order chi connectivity index (χ1) is 9.06. The van der Waals surface area contributed by atoms with Crippen molar-refractivity contribution < 1.29 is 9.26 Å². The number of hydrogen-bond donors (Lipinski definition) is 1. The molecular weight excluding hydrogens is 242 g/mol. The summed E-state index contributed by atoms with van der Waals surface area (Å²) >= 11 is 0. The summed E-state index contributed by atoms with van der Waals surface area (Å²) in [6.45, 7) is 6.05. The molecule has 0 saturated heterocycles. The number of aryl methyl sites for hydroxylation is 2. The third-order valence-corrected chi connectivity index (χ3v) is 2.74. The van der Waals surface area contributed by atoms with Gasteiger partial charge in [-0.1, -0.05) is 23.4 Å². The van der Waals surface area contributed by atoms with E-state index in [1.165, 1.54) is 0 Å². The number of para-hydroxylation sites is 1. The number of nitrogens with zero attached hydrogens (tertiary/aromatic N) is 2. The van der Waals surface area contributed by atoms with Crippen LogP contribution in [0, 0.1) is 13.8 Å². The van der Waals surface area contributed by atoms with Crippen molar-refractivity contribution in [2.45, 2.75) is 39.8 Å². The van der Waals surface area contributed by atoms with Gasteiger partial charge in [0, 0.05) is 6.04 Å². The second-order valence-corrected chi connectivity index (χ2v) is 4.77. The van der Waals surface area contributed by atoms with E-state index in [4.69, 9.17) is 15.0 Å². The molecule has 1 unspecified atom stereocenters. The van der Waals surface area contributed by atoms with Crippen LogP contribution in [0.1, 0.15) is 29.8 Å². The molecule has 0 aliphatic carbocycles. The first-order valence-corrected chi connectivity index (χ1v) is 6.32. The van der Waals surface area contributed by atoms with E-state index in [0.29, 0.717) is 11.7 Å². The molecule has 0 radical (unpaired) electrons. The first-order valence-electron chi connectivity index (χ1n) is 6.32. The zero-order chi connectivity index (χ0) is 13.8. The Labute approximate surface area is 112 Å². The molecule has 0 fully saturated rings. The van der Waals surface area contributed by atoms with E-state index in [9.17, 15) is 0 Å². The summed E-state index contributed by atoms with van der Waals surface area (Å²) < 4.78 is 10.9. The SMILES string of the molecule is Cc1noc(COc2c(C)cccc2CC(C)N)n1. The van der Waals surface area contributed by atoms with E-state index in [1.54, 1.807) is 6.92 Å². The van der Waals surface area contributed by atoms with E-state index in [1.807, 2.05) is 32.0 Å². The van der Waals surface area contributed by atoms with E-state index in [-0.39, 0.29) is 12.6 Å². The minimum atomic E-state index is 0.0924. The van der Waals surface area contributed by atoms with Gasteiger partial charge in [0.2, 0.25) is 0 Å². The van der Waals surface area contributed by atoms with Crippen molar-refractivity contribution in [3.8, 4) is 5.75 Å². The molecule has 2 rings (SSSR count). The summed E-state index contributed by atoms with van der Waals surface area (Å²) in [6, 6.07) is 6.15. The summed E-state index contributed by atoms with van der Waals surface area (Å²) in [6.07, 6.45) is 0.778. The molecule has 19 heavy (non-hydrogen) atoms. The lowest BCUT2D eigenvalue weighted by molar-refractivity contribution is 0.239. The number of nitrogens with two attached hydrogens (primary N) is 1. The van der Waals surface area contributed by atoms with Crippen molar-refractivity contribution in [2.24, 2.45) is 5.73 Å². The van der Waals surface area contributed by atoms with Crippen LogP contribution < -0.4 is 10.5 Å². The molecule has 0 saturated carbocycles. The molecule has 2 aromatic rings. The Kier molecular flexibility index (Phi) is 4.16. The molecule has 0 aliphatic rings. The maximum Gasteiger partial charge on any atom is 0.264 e. The van der Waals surface area contributed by atoms with Crippen molar-refractivity contribution in [1.82, 2.24) is 10.1 Å². The highest BCUT2D eigenvalue weighted by atomic mass is 16.5. The van der Waals surface area contributed by atoms with Gasteiger partial charge in [-0.05, 0) is 38.3 Å². The molecule has 102 valence electrons. The highest BCUT2D eigenvalue weighted by molar-refractivity contribution is 5.41. The Hall–Kier alpha value is -1.88. The van der Waals surface area contributed by atoms with Crippen LogP contribution in [0.3, 0.4) is 0 Å². The molecular formula is C14H19N3O2. The normalized spacial score (nSPS) is 12.4. The third-order valence-electron chi connectivity index (χ3n) is 2.74. The average molecular weight is 261 g/mol. The summed E-state index contributed by atoms with van der Waals surface area (Å²) in [5.41, 5.74) is 8.04. The van der Waals surface area contributed by atoms with Crippen LogP contribution in [0.4, 0.5) is 0 Å². The number of benzene rings is 1. The fourth-order valence-electron chi connectivity index (χ4n) is 1.96. The highest BCUT2D eigenvalue weighted by Crippen LogP contribution is 2.25. The van der Waals surface area contributed by atoms with Crippen molar-refractivity contribution in [1.29, 1.82) is 0 Å². The minimum absolute atomic E-state index is 0.0924. The Morgan fingerprint density at radius 3 is 2.79 bits per heavy atom. The molecule has 2 N–H and O–H groups in total. The van der Waals surface area contributed by atoms with Crippen LogP contribution in [0.2, 0.25) is 0 Å². The summed E-state index contributed by atoms with van der Waals surface area (Å²) in [5, 5.41) is 3.74. The highest BCUT2D eigenvalue weighted by Gasteiger charge is 2.11. The van der Waals surface area contributed by atoms with Gasteiger partial charge in [-0.2, -0.15) is 4.98 Å². The second kappa shape index (κ2) is 5.84. The predicted octanol–water partition coefficient (Wildman–Crippen LogP) is 2.16. The standard InChI is InChI=1S/C14H19N3O2/c1-9-5-4-6-12(7-10(2)15)14(9)18-8-13-16-11(3)17-19-13/h4-6,10H,7-8,15H2,1-3H3. The Balaban J connectivity index is 2.14. The Morgan fingerprint density at radius 1 is 1.37 bits per heavy atom. The van der Waals surface area contributed by atoms with Gasteiger partial charge in [-0.15, -0.1) is 0 Å². The lowest BCUT2D eigenvalue weighted by Crippen LogP contribution is -2.18. The summed E-state index contributed by atoms with van der Waals surface area (Å²) in [4.78, 5) is 4.12. The van der Waals surface area contributed by atoms with Crippen LogP contribution in [0.15, 0.2) is 22.7 Å². The Bertz CT molecular complexity index is 549. The van der Waals surface area contributed by atoms with Gasteiger partial charge in [0.1, 0.15) is 5.75 Å². The second-order valence-electron chi connectivity index (χ2n) is 4.77.